The van der Waals surface area contributed by atoms with E-state index in [1.807, 2.05) is 0 Å². The van der Waals surface area contributed by atoms with Gasteiger partial charge in [-0.2, -0.15) is 8.42 Å². The Kier molecular flexibility index (Phi) is 2.43. The molecule has 0 spiro atoms. The first-order valence-corrected chi connectivity index (χ1v) is 5.46. The third-order valence-electron chi connectivity index (χ3n) is 2.16. The van der Waals surface area contributed by atoms with Gasteiger partial charge in [-0.1, -0.05) is 30.3 Å². The highest BCUT2D eigenvalue weighted by molar-refractivity contribution is 7.71. The van der Waals surface area contributed by atoms with E-state index in [0.29, 0.717) is 10.9 Å². The maximum Gasteiger partial charge on any atom is 0.214 e. The first-order valence-electron chi connectivity index (χ1n) is 4.32. The molecule has 0 saturated heterocycles. The Balaban J connectivity index is 2.89. The van der Waals surface area contributed by atoms with E-state index in [1.54, 1.807) is 30.3 Å². The first kappa shape index (κ1) is 9.73. The van der Waals surface area contributed by atoms with Gasteiger partial charge in [0.25, 0.3) is 0 Å². The van der Waals surface area contributed by atoms with E-state index in [9.17, 15) is 14.2 Å². The second-order valence-corrected chi connectivity index (χ2v) is 3.85. The largest absolute Gasteiger partial charge is 0.214 e. The Morgan fingerprint density at radius 1 is 1.00 bits per heavy atom. The second-order valence-electron chi connectivity index (χ2n) is 3.10. The molecule has 74 valence electrons. The second kappa shape index (κ2) is 3.74. The molecule has 0 N–H and O–H groups in total. The van der Waals surface area contributed by atoms with Gasteiger partial charge in [0.05, 0.1) is 11.1 Å². The highest BCUT2D eigenvalue weighted by atomic mass is 32.2. The molecular formula is C11H7NO2S. The molecule has 2 aromatic carbocycles. The standard InChI is InChI=1S/C11H7NO2S/c12-11-6-5-8(7-15(13)14)9-3-1-2-4-10(9)11/h1-7H. The van der Waals surface area contributed by atoms with Crippen LogP contribution in [0.3, 0.4) is 0 Å². The molecule has 0 aromatic heterocycles. The van der Waals surface area contributed by atoms with Gasteiger partial charge in [0, 0.05) is 5.39 Å². The van der Waals surface area contributed by atoms with E-state index < -0.39 is 10.3 Å². The molecule has 0 unspecified atom stereocenters. The van der Waals surface area contributed by atoms with E-state index >= 15 is 0 Å². The zero-order valence-electron chi connectivity index (χ0n) is 7.71. The minimum absolute atomic E-state index is 0.152. The molecule has 0 amide bonds. The molecule has 4 heteroatoms. The predicted octanol–water partition coefficient (Wildman–Crippen LogP) is 1.57. The Hall–Kier alpha value is -1.81. The zero-order chi connectivity index (χ0) is 10.8. The smallest absolute Gasteiger partial charge is 0.185 e. The predicted molar refractivity (Wildman–Crippen MR) is 59.8 cm³/mol. The minimum Gasteiger partial charge on any atom is -0.185 e. The topological polar surface area (TPSA) is 56.4 Å². The Labute approximate surface area is 88.7 Å². The van der Waals surface area contributed by atoms with Gasteiger partial charge in [-0.15, -0.1) is 5.73 Å². The van der Waals surface area contributed by atoms with Crippen molar-refractivity contribution in [1.29, 1.82) is 0 Å². The summed E-state index contributed by atoms with van der Waals surface area (Å²) in [4.78, 5) is 0. The normalized spacial score (nSPS) is 10.1. The Morgan fingerprint density at radius 3 is 2.33 bits per heavy atom. The van der Waals surface area contributed by atoms with Crippen LogP contribution in [0, 0.1) is 0 Å². The summed E-state index contributed by atoms with van der Waals surface area (Å²) < 4.78 is 21.2. The molecule has 0 fully saturated rings. The average Bonchev–Trinajstić information content (AvgIpc) is 2.22. The van der Waals surface area contributed by atoms with Crippen LogP contribution in [0.1, 0.15) is 5.56 Å². The number of nitrogens with zero attached hydrogens (tertiary/aromatic N) is 1. The lowest BCUT2D eigenvalue weighted by Crippen LogP contribution is -1.86. The fourth-order valence-corrected chi connectivity index (χ4v) is 1.93. The van der Waals surface area contributed by atoms with Crippen LogP contribution in [-0.4, -0.2) is 13.8 Å². The number of fused-ring (bicyclic) bond motifs is 1. The molecule has 0 aliphatic carbocycles. The van der Waals surface area contributed by atoms with Crippen molar-refractivity contribution in [2.24, 2.45) is 0 Å². The fourth-order valence-electron chi connectivity index (χ4n) is 1.51. The highest BCUT2D eigenvalue weighted by Crippen LogP contribution is 2.24. The lowest BCUT2D eigenvalue weighted by molar-refractivity contribution is 0.627. The lowest BCUT2D eigenvalue weighted by Gasteiger charge is -2.01. The van der Waals surface area contributed by atoms with Gasteiger partial charge in [0.2, 0.25) is 10.3 Å². The number of benzene rings is 2. The van der Waals surface area contributed by atoms with Crippen LogP contribution in [0.2, 0.25) is 0 Å². The van der Waals surface area contributed by atoms with E-state index in [4.69, 9.17) is 0 Å². The average molecular weight is 217 g/mol. The number of hydrogen-bond donors (Lipinski definition) is 0. The number of rotatable bonds is 1. The van der Waals surface area contributed by atoms with Gasteiger partial charge < -0.3 is 0 Å². The van der Waals surface area contributed by atoms with Gasteiger partial charge in [0.15, 0.2) is 0 Å². The monoisotopic (exact) mass is 217 g/mol. The Morgan fingerprint density at radius 2 is 1.67 bits per heavy atom. The van der Waals surface area contributed by atoms with Crippen molar-refractivity contribution in [3.05, 3.63) is 42.0 Å². The van der Waals surface area contributed by atoms with Crippen LogP contribution < -0.4 is 5.73 Å². The molecule has 0 bridgehead atoms. The van der Waals surface area contributed by atoms with Crippen LogP contribution in [0.4, 0.5) is 5.69 Å². The summed E-state index contributed by atoms with van der Waals surface area (Å²) in [7, 11) is -2.24. The summed E-state index contributed by atoms with van der Waals surface area (Å²) in [6, 6.07) is 10.2. The molecule has 0 aliphatic heterocycles. The van der Waals surface area contributed by atoms with E-state index in [-0.39, 0.29) is 5.69 Å². The van der Waals surface area contributed by atoms with E-state index in [0.717, 1.165) is 10.8 Å². The molecule has 2 rings (SSSR count). The summed E-state index contributed by atoms with van der Waals surface area (Å²) in [5, 5.41) is 2.50. The van der Waals surface area contributed by atoms with Crippen molar-refractivity contribution >= 4 is 32.1 Å². The van der Waals surface area contributed by atoms with Gasteiger partial charge in [0.1, 0.15) is 0 Å². The molecule has 2 radical (unpaired) electrons. The molecule has 15 heavy (non-hydrogen) atoms. The maximum atomic E-state index is 10.6. The quantitative estimate of drug-likeness (QED) is 0.681. The van der Waals surface area contributed by atoms with Crippen molar-refractivity contribution in [1.82, 2.24) is 5.73 Å². The van der Waals surface area contributed by atoms with Gasteiger partial charge in [-0.05, 0) is 17.0 Å². The first-order chi connectivity index (χ1) is 7.18. The third-order valence-corrected chi connectivity index (χ3v) is 2.60. The van der Waals surface area contributed by atoms with Crippen LogP contribution >= 0.6 is 0 Å². The minimum atomic E-state index is -2.24. The summed E-state index contributed by atoms with van der Waals surface area (Å²) >= 11 is 0. The van der Waals surface area contributed by atoms with Crippen LogP contribution in [0.15, 0.2) is 36.4 Å². The van der Waals surface area contributed by atoms with Gasteiger partial charge in [-0.3, -0.25) is 0 Å². The van der Waals surface area contributed by atoms with Crippen LogP contribution in [0.25, 0.3) is 10.8 Å². The van der Waals surface area contributed by atoms with Gasteiger partial charge in [-0.25, -0.2) is 0 Å². The van der Waals surface area contributed by atoms with Crippen molar-refractivity contribution in [2.45, 2.75) is 0 Å². The molecule has 0 atom stereocenters. The maximum absolute atomic E-state index is 10.6. The van der Waals surface area contributed by atoms with Crippen LogP contribution in [0.5, 0.6) is 0 Å². The van der Waals surface area contributed by atoms with Crippen molar-refractivity contribution < 1.29 is 8.42 Å². The summed E-state index contributed by atoms with van der Waals surface area (Å²) in [5.41, 5.74) is 10.3. The fraction of sp³-hybridized carbons (Fsp3) is 0. The molecular weight excluding hydrogens is 210 g/mol. The molecule has 2 aromatic rings. The number of hydrogen-bond acceptors (Lipinski definition) is 2. The van der Waals surface area contributed by atoms with E-state index in [1.165, 1.54) is 6.07 Å². The third kappa shape index (κ3) is 1.85. The van der Waals surface area contributed by atoms with E-state index in [2.05, 4.69) is 0 Å². The van der Waals surface area contributed by atoms with Crippen LogP contribution in [-0.2, 0) is 10.3 Å². The SMILES string of the molecule is [N]c1ccc(C=S(=O)=O)c2ccccc12. The summed E-state index contributed by atoms with van der Waals surface area (Å²) in [5.74, 6) is 0. The summed E-state index contributed by atoms with van der Waals surface area (Å²) in [6.07, 6.45) is 0. The zero-order valence-corrected chi connectivity index (χ0v) is 8.53. The van der Waals surface area contributed by atoms with Crippen molar-refractivity contribution in [3.63, 3.8) is 0 Å². The molecule has 0 aliphatic rings. The molecule has 0 heterocycles. The summed E-state index contributed by atoms with van der Waals surface area (Å²) in [6.45, 7) is 0. The van der Waals surface area contributed by atoms with Gasteiger partial charge >= 0.3 is 0 Å². The lowest BCUT2D eigenvalue weighted by atomic mass is 10.0. The Bertz CT molecular complexity index is 637. The highest BCUT2D eigenvalue weighted by Gasteiger charge is 2.02. The van der Waals surface area contributed by atoms with Crippen molar-refractivity contribution in [2.75, 3.05) is 0 Å². The molecule has 0 saturated carbocycles. The van der Waals surface area contributed by atoms with Crippen molar-refractivity contribution in [3.8, 4) is 0 Å². The molecule has 3 nitrogen and oxygen atoms in total.